The Kier molecular flexibility index (Phi) is 4.83. The summed E-state index contributed by atoms with van der Waals surface area (Å²) in [5.41, 5.74) is 2.21. The fourth-order valence-corrected chi connectivity index (χ4v) is 6.03. The zero-order valence-corrected chi connectivity index (χ0v) is 16.5. The molecule has 0 atom stereocenters. The van der Waals surface area contributed by atoms with Crippen molar-refractivity contribution in [2.75, 3.05) is 18.6 Å². The molecule has 0 saturated carbocycles. The number of thioether (sulfide) groups is 1. The Bertz CT molecular complexity index is 936. The molecule has 0 radical (unpaired) electrons. The summed E-state index contributed by atoms with van der Waals surface area (Å²) in [7, 11) is -2.09. The predicted molar refractivity (Wildman–Crippen MR) is 103 cm³/mol. The van der Waals surface area contributed by atoms with Crippen LogP contribution >= 0.6 is 34.7 Å². The van der Waals surface area contributed by atoms with E-state index in [0.29, 0.717) is 17.1 Å². The zero-order valence-electron chi connectivity index (χ0n) is 13.3. The van der Waals surface area contributed by atoms with Crippen molar-refractivity contribution in [3.05, 3.63) is 28.1 Å². The second-order valence-electron chi connectivity index (χ2n) is 5.06. The van der Waals surface area contributed by atoms with Gasteiger partial charge in [-0.1, -0.05) is 24.6 Å². The van der Waals surface area contributed by atoms with Gasteiger partial charge in [-0.3, -0.25) is 4.99 Å². The fourth-order valence-electron chi connectivity index (χ4n) is 2.54. The van der Waals surface area contributed by atoms with Gasteiger partial charge in [-0.25, -0.2) is 13.1 Å². The SMILES string of the molecule is CCc1sc2c(c1-c1ccc(SC)cc1Cl)NC(=NC)NS2(=O)=O. The highest BCUT2D eigenvalue weighted by molar-refractivity contribution is 7.98. The van der Waals surface area contributed by atoms with Crippen LogP contribution in [0.3, 0.4) is 0 Å². The molecule has 0 saturated heterocycles. The monoisotopic (exact) mass is 401 g/mol. The minimum Gasteiger partial charge on any atom is -0.323 e. The Morgan fingerprint density at radius 1 is 1.38 bits per heavy atom. The zero-order chi connectivity index (χ0) is 17.5. The number of rotatable bonds is 3. The summed E-state index contributed by atoms with van der Waals surface area (Å²) in [5.74, 6) is 0.209. The number of sulfonamides is 1. The van der Waals surface area contributed by atoms with Crippen LogP contribution in [0.25, 0.3) is 11.1 Å². The number of hydrogen-bond acceptors (Lipinski definition) is 5. The maximum Gasteiger partial charge on any atom is 0.275 e. The lowest BCUT2D eigenvalue weighted by atomic mass is 10.0. The second kappa shape index (κ2) is 6.59. The first-order valence-corrected chi connectivity index (χ1v) is 11.1. The molecule has 0 aliphatic carbocycles. The van der Waals surface area contributed by atoms with Crippen molar-refractivity contribution < 1.29 is 8.42 Å². The van der Waals surface area contributed by atoms with Gasteiger partial charge in [0.25, 0.3) is 10.0 Å². The van der Waals surface area contributed by atoms with Crippen LogP contribution in [0.15, 0.2) is 32.3 Å². The van der Waals surface area contributed by atoms with Crippen LogP contribution in [0.2, 0.25) is 5.02 Å². The van der Waals surface area contributed by atoms with E-state index in [4.69, 9.17) is 11.6 Å². The Morgan fingerprint density at radius 3 is 2.71 bits per heavy atom. The molecule has 24 heavy (non-hydrogen) atoms. The van der Waals surface area contributed by atoms with E-state index >= 15 is 0 Å². The highest BCUT2D eigenvalue weighted by Crippen LogP contribution is 2.47. The van der Waals surface area contributed by atoms with Gasteiger partial charge < -0.3 is 5.32 Å². The minimum atomic E-state index is -3.62. The first-order valence-electron chi connectivity index (χ1n) is 7.17. The second-order valence-corrected chi connectivity index (χ2v) is 9.33. The number of nitrogens with one attached hydrogen (secondary N) is 2. The van der Waals surface area contributed by atoms with Crippen LogP contribution in [-0.4, -0.2) is 27.7 Å². The van der Waals surface area contributed by atoms with E-state index < -0.39 is 10.0 Å². The van der Waals surface area contributed by atoms with Gasteiger partial charge in [0.1, 0.15) is 0 Å². The molecule has 3 rings (SSSR count). The molecule has 0 fully saturated rings. The van der Waals surface area contributed by atoms with Gasteiger partial charge in [0.2, 0.25) is 5.96 Å². The van der Waals surface area contributed by atoms with E-state index in [0.717, 1.165) is 20.9 Å². The maximum absolute atomic E-state index is 12.5. The normalized spacial score (nSPS) is 17.2. The van der Waals surface area contributed by atoms with E-state index in [1.165, 1.54) is 18.4 Å². The van der Waals surface area contributed by atoms with Gasteiger partial charge in [-0.05, 0) is 24.8 Å². The van der Waals surface area contributed by atoms with Crippen molar-refractivity contribution in [3.8, 4) is 11.1 Å². The van der Waals surface area contributed by atoms with Gasteiger partial charge in [0.15, 0.2) is 4.21 Å². The molecule has 9 heteroatoms. The number of halogens is 1. The molecular formula is C15H16ClN3O2S3. The molecule has 2 aromatic rings. The number of hydrogen-bond donors (Lipinski definition) is 2. The first-order chi connectivity index (χ1) is 11.4. The lowest BCUT2D eigenvalue weighted by molar-refractivity contribution is 0.594. The van der Waals surface area contributed by atoms with Gasteiger partial charge in [0, 0.05) is 33.0 Å². The Hall–Kier alpha value is -1.22. The minimum absolute atomic E-state index is 0.209. The molecule has 0 bridgehead atoms. The van der Waals surface area contributed by atoms with Crippen LogP contribution in [0.5, 0.6) is 0 Å². The summed E-state index contributed by atoms with van der Waals surface area (Å²) >= 11 is 9.35. The summed E-state index contributed by atoms with van der Waals surface area (Å²) in [4.78, 5) is 5.97. The van der Waals surface area contributed by atoms with Gasteiger partial charge in [-0.2, -0.15) is 0 Å². The third-order valence-corrected chi connectivity index (χ3v) is 7.89. The van der Waals surface area contributed by atoms with Crippen LogP contribution in [0.1, 0.15) is 11.8 Å². The van der Waals surface area contributed by atoms with Gasteiger partial charge in [0.05, 0.1) is 5.69 Å². The lowest BCUT2D eigenvalue weighted by Gasteiger charge is -2.20. The average Bonchev–Trinajstić information content (AvgIpc) is 2.93. The highest BCUT2D eigenvalue weighted by Gasteiger charge is 2.33. The number of anilines is 1. The molecule has 1 aromatic heterocycles. The highest BCUT2D eigenvalue weighted by atomic mass is 35.5. The maximum atomic E-state index is 12.5. The third-order valence-electron chi connectivity index (χ3n) is 3.66. The first kappa shape index (κ1) is 17.6. The van der Waals surface area contributed by atoms with Crippen molar-refractivity contribution in [1.29, 1.82) is 0 Å². The van der Waals surface area contributed by atoms with E-state index in [1.54, 1.807) is 11.8 Å². The molecule has 128 valence electrons. The molecule has 0 unspecified atom stereocenters. The average molecular weight is 402 g/mol. The van der Waals surface area contributed by atoms with Gasteiger partial charge in [-0.15, -0.1) is 23.1 Å². The largest absolute Gasteiger partial charge is 0.323 e. The topological polar surface area (TPSA) is 70.6 Å². The summed E-state index contributed by atoms with van der Waals surface area (Å²) in [6.07, 6.45) is 2.70. The van der Waals surface area contributed by atoms with Crippen LogP contribution in [-0.2, 0) is 16.4 Å². The molecule has 1 aliphatic rings. The van der Waals surface area contributed by atoms with Crippen LogP contribution < -0.4 is 10.0 Å². The standard InChI is InChI=1S/C15H16ClN3O2S3/c1-4-11-12(9-6-5-8(22-3)7-10(9)16)13-14(23-11)24(20,21)19-15(17-2)18-13/h5-7H,4H2,1-3H3,(H2,17,18,19). The fraction of sp³-hybridized carbons (Fsp3) is 0.267. The van der Waals surface area contributed by atoms with Crippen molar-refractivity contribution in [2.24, 2.45) is 4.99 Å². The summed E-state index contributed by atoms with van der Waals surface area (Å²) < 4.78 is 27.7. The smallest absolute Gasteiger partial charge is 0.275 e. The molecule has 2 heterocycles. The van der Waals surface area contributed by atoms with Crippen molar-refractivity contribution >= 4 is 56.4 Å². The van der Waals surface area contributed by atoms with Crippen molar-refractivity contribution in [1.82, 2.24) is 4.72 Å². The molecular weight excluding hydrogens is 386 g/mol. The van der Waals surface area contributed by atoms with E-state index in [1.807, 2.05) is 31.4 Å². The molecule has 2 N–H and O–H groups in total. The predicted octanol–water partition coefficient (Wildman–Crippen LogP) is 4.04. The number of guanidine groups is 1. The quantitative estimate of drug-likeness (QED) is 0.761. The Morgan fingerprint density at radius 2 is 2.12 bits per heavy atom. The van der Waals surface area contributed by atoms with E-state index in [2.05, 4.69) is 15.0 Å². The Balaban J connectivity index is 2.28. The number of aryl methyl sites for hydroxylation is 1. The van der Waals surface area contributed by atoms with Crippen molar-refractivity contribution in [3.63, 3.8) is 0 Å². The molecule has 1 aliphatic heterocycles. The third kappa shape index (κ3) is 2.92. The molecule has 5 nitrogen and oxygen atoms in total. The van der Waals surface area contributed by atoms with Crippen LogP contribution in [0, 0.1) is 0 Å². The molecule has 1 aromatic carbocycles. The summed E-state index contributed by atoms with van der Waals surface area (Å²) in [5, 5.41) is 3.69. The number of thiophene rings is 1. The van der Waals surface area contributed by atoms with E-state index in [9.17, 15) is 8.42 Å². The van der Waals surface area contributed by atoms with E-state index in [-0.39, 0.29) is 10.2 Å². The van der Waals surface area contributed by atoms with Crippen LogP contribution in [0.4, 0.5) is 5.69 Å². The number of aliphatic imine (C=N–C) groups is 1. The van der Waals surface area contributed by atoms with Gasteiger partial charge >= 0.3 is 0 Å². The lowest BCUT2D eigenvalue weighted by Crippen LogP contribution is -2.39. The summed E-state index contributed by atoms with van der Waals surface area (Å²) in [6.45, 7) is 2.00. The Labute approximate surface area is 154 Å². The molecule has 0 spiro atoms. The van der Waals surface area contributed by atoms with Crippen molar-refractivity contribution in [2.45, 2.75) is 22.4 Å². The summed E-state index contributed by atoms with van der Waals surface area (Å²) in [6, 6.07) is 5.82. The number of benzene rings is 1. The number of fused-ring (bicyclic) bond motifs is 1. The molecule has 0 amide bonds. The number of nitrogens with zero attached hydrogens (tertiary/aromatic N) is 1.